The maximum Gasteiger partial charge on any atom is 0.341 e. The van der Waals surface area contributed by atoms with Crippen molar-refractivity contribution >= 4 is 29.3 Å². The number of amides is 1. The number of carbonyl (C=O) groups is 2. The fourth-order valence-electron chi connectivity index (χ4n) is 3.00. The molecule has 1 saturated heterocycles. The van der Waals surface area contributed by atoms with Gasteiger partial charge in [-0.2, -0.15) is 5.10 Å². The van der Waals surface area contributed by atoms with E-state index >= 15 is 0 Å². The zero-order chi connectivity index (χ0) is 22.3. The van der Waals surface area contributed by atoms with E-state index in [9.17, 15) is 14.7 Å². The maximum absolute atomic E-state index is 13.1. The van der Waals surface area contributed by atoms with E-state index in [1.807, 2.05) is 6.92 Å². The molecule has 1 N–H and O–H groups in total. The van der Waals surface area contributed by atoms with Crippen LogP contribution in [0.2, 0.25) is 5.15 Å². The molecule has 2 atom stereocenters. The molecule has 30 heavy (non-hydrogen) atoms. The summed E-state index contributed by atoms with van der Waals surface area (Å²) in [5.74, 6) is -1.18. The Morgan fingerprint density at radius 3 is 2.67 bits per heavy atom. The van der Waals surface area contributed by atoms with Crippen molar-refractivity contribution in [1.82, 2.24) is 20.0 Å². The number of aliphatic hydroxyl groups is 1. The fourth-order valence-corrected chi connectivity index (χ4v) is 3.16. The molecule has 1 amide bonds. The summed E-state index contributed by atoms with van der Waals surface area (Å²) in [5.41, 5.74) is -1.68. The first-order chi connectivity index (χ1) is 13.9. The van der Waals surface area contributed by atoms with Crippen molar-refractivity contribution in [1.29, 1.82) is 0 Å². The van der Waals surface area contributed by atoms with Gasteiger partial charge in [0, 0.05) is 17.8 Å². The molecule has 0 saturated carbocycles. The molecule has 2 aromatic heterocycles. The molecule has 1 aliphatic rings. The third-order valence-electron chi connectivity index (χ3n) is 4.42. The number of halogens is 1. The Labute approximate surface area is 178 Å². The van der Waals surface area contributed by atoms with Gasteiger partial charge in [-0.15, -0.1) is 10.2 Å². The molecular weight excluding hydrogens is 414 g/mol. The maximum atomic E-state index is 13.1. The number of aromatic nitrogens is 4. The summed E-state index contributed by atoms with van der Waals surface area (Å²) < 4.78 is 12.3. The predicted octanol–water partition coefficient (Wildman–Crippen LogP) is 1.45. The Balaban J connectivity index is 1.87. The van der Waals surface area contributed by atoms with Gasteiger partial charge < -0.3 is 14.6 Å². The Kier molecular flexibility index (Phi) is 5.85. The number of aryl methyl sites for hydroxylation is 1. The van der Waals surface area contributed by atoms with Crippen molar-refractivity contribution < 1.29 is 24.2 Å². The molecule has 0 aromatic carbocycles. The number of hydrogen-bond donors (Lipinski definition) is 1. The highest BCUT2D eigenvalue weighted by Gasteiger charge is 2.50. The van der Waals surface area contributed by atoms with Gasteiger partial charge in [-0.05, 0) is 34.6 Å². The van der Waals surface area contributed by atoms with Gasteiger partial charge in [0.1, 0.15) is 5.60 Å². The number of carbonyl (C=O) groups excluding carboxylic acids is 2. The van der Waals surface area contributed by atoms with Gasteiger partial charge in [-0.1, -0.05) is 11.6 Å². The lowest BCUT2D eigenvalue weighted by atomic mass is 9.96. The second kappa shape index (κ2) is 7.93. The molecule has 1 aliphatic heterocycles. The van der Waals surface area contributed by atoms with Crippen molar-refractivity contribution in [3.8, 4) is 5.69 Å². The van der Waals surface area contributed by atoms with Crippen LogP contribution in [0.15, 0.2) is 18.3 Å². The SMILES string of the molecule is Cc1cc(N2CCO[C@H]([C@@](C)(O)C(=O)OC(C)(C)C)C2=O)nn1-c1cnnc(Cl)c1. The molecule has 162 valence electrons. The number of esters is 1. The largest absolute Gasteiger partial charge is 0.458 e. The van der Waals surface area contributed by atoms with Crippen LogP contribution in [0.25, 0.3) is 5.69 Å². The third kappa shape index (κ3) is 4.45. The van der Waals surface area contributed by atoms with E-state index in [-0.39, 0.29) is 18.3 Å². The highest BCUT2D eigenvalue weighted by Crippen LogP contribution is 2.27. The first kappa shape index (κ1) is 22.1. The third-order valence-corrected chi connectivity index (χ3v) is 4.60. The minimum Gasteiger partial charge on any atom is -0.458 e. The minimum atomic E-state index is -2.16. The Bertz CT molecular complexity index is 968. The summed E-state index contributed by atoms with van der Waals surface area (Å²) in [4.78, 5) is 26.9. The van der Waals surface area contributed by atoms with Gasteiger partial charge in [0.2, 0.25) is 0 Å². The quantitative estimate of drug-likeness (QED) is 0.713. The summed E-state index contributed by atoms with van der Waals surface area (Å²) in [6.45, 7) is 8.37. The highest BCUT2D eigenvalue weighted by atomic mass is 35.5. The van der Waals surface area contributed by atoms with Crippen molar-refractivity contribution in [3.63, 3.8) is 0 Å². The molecule has 3 rings (SSSR count). The Morgan fingerprint density at radius 2 is 2.03 bits per heavy atom. The van der Waals surface area contributed by atoms with E-state index < -0.39 is 29.2 Å². The van der Waals surface area contributed by atoms with Gasteiger partial charge in [0.05, 0.1) is 25.0 Å². The Morgan fingerprint density at radius 1 is 1.33 bits per heavy atom. The molecule has 0 aliphatic carbocycles. The lowest BCUT2D eigenvalue weighted by molar-refractivity contribution is -0.194. The molecular formula is C19H24ClN5O5. The van der Waals surface area contributed by atoms with E-state index in [1.165, 1.54) is 18.0 Å². The van der Waals surface area contributed by atoms with Crippen LogP contribution < -0.4 is 4.90 Å². The number of ether oxygens (including phenoxy) is 2. The normalized spacial score (nSPS) is 19.5. The van der Waals surface area contributed by atoms with Crippen LogP contribution in [0.1, 0.15) is 33.4 Å². The molecule has 0 radical (unpaired) electrons. The van der Waals surface area contributed by atoms with Crippen molar-refractivity contribution in [2.24, 2.45) is 0 Å². The monoisotopic (exact) mass is 437 g/mol. The first-order valence-electron chi connectivity index (χ1n) is 9.34. The zero-order valence-electron chi connectivity index (χ0n) is 17.4. The number of nitrogens with zero attached hydrogens (tertiary/aromatic N) is 5. The van der Waals surface area contributed by atoms with E-state index in [4.69, 9.17) is 21.1 Å². The van der Waals surface area contributed by atoms with E-state index in [0.29, 0.717) is 11.5 Å². The number of hydrogen-bond acceptors (Lipinski definition) is 8. The van der Waals surface area contributed by atoms with Crippen LogP contribution in [-0.4, -0.2) is 67.4 Å². The van der Waals surface area contributed by atoms with Crippen LogP contribution in [0.3, 0.4) is 0 Å². The summed E-state index contributed by atoms with van der Waals surface area (Å²) in [6, 6.07) is 3.30. The summed E-state index contributed by atoms with van der Waals surface area (Å²) in [5, 5.41) is 22.9. The van der Waals surface area contributed by atoms with Crippen LogP contribution in [0.5, 0.6) is 0 Å². The predicted molar refractivity (Wildman–Crippen MR) is 107 cm³/mol. The smallest absolute Gasteiger partial charge is 0.341 e. The molecule has 1 fully saturated rings. The first-order valence-corrected chi connectivity index (χ1v) is 9.72. The molecule has 3 heterocycles. The van der Waals surface area contributed by atoms with Crippen LogP contribution in [-0.2, 0) is 19.1 Å². The van der Waals surface area contributed by atoms with Crippen LogP contribution >= 0.6 is 11.6 Å². The molecule has 0 spiro atoms. The van der Waals surface area contributed by atoms with Crippen molar-refractivity contribution in [2.45, 2.75) is 51.9 Å². The summed E-state index contributed by atoms with van der Waals surface area (Å²) >= 11 is 5.90. The van der Waals surface area contributed by atoms with Gasteiger partial charge in [-0.25, -0.2) is 9.48 Å². The van der Waals surface area contributed by atoms with Gasteiger partial charge >= 0.3 is 5.97 Å². The van der Waals surface area contributed by atoms with Crippen LogP contribution in [0, 0.1) is 6.92 Å². The summed E-state index contributed by atoms with van der Waals surface area (Å²) in [6.07, 6.45) is 0.0657. The van der Waals surface area contributed by atoms with E-state index in [0.717, 1.165) is 5.69 Å². The standard InChI is InChI=1S/C19H24ClN5O5/c1-11-8-14(23-25(11)12-9-13(20)22-21-10-12)24-6-7-29-15(16(24)26)19(5,28)17(27)30-18(2,3)4/h8-10,15,28H,6-7H2,1-5H3/t15-,19+/m0/s1. The topological polar surface area (TPSA) is 120 Å². The van der Waals surface area contributed by atoms with Crippen LogP contribution in [0.4, 0.5) is 5.82 Å². The van der Waals surface area contributed by atoms with Gasteiger partial charge in [0.15, 0.2) is 22.7 Å². The second-order valence-corrected chi connectivity index (χ2v) is 8.57. The average Bonchev–Trinajstić information content (AvgIpc) is 3.01. The number of anilines is 1. The van der Waals surface area contributed by atoms with Gasteiger partial charge in [-0.3, -0.25) is 9.69 Å². The lowest BCUT2D eigenvalue weighted by Gasteiger charge is -2.38. The molecule has 0 unspecified atom stereocenters. The number of morpholine rings is 1. The highest BCUT2D eigenvalue weighted by molar-refractivity contribution is 6.29. The van der Waals surface area contributed by atoms with Gasteiger partial charge in [0.25, 0.3) is 5.91 Å². The summed E-state index contributed by atoms with van der Waals surface area (Å²) in [7, 11) is 0. The zero-order valence-corrected chi connectivity index (χ0v) is 18.2. The fraction of sp³-hybridized carbons (Fsp3) is 0.526. The molecule has 10 nitrogen and oxygen atoms in total. The number of rotatable bonds is 4. The van der Waals surface area contributed by atoms with Crippen molar-refractivity contribution in [3.05, 3.63) is 29.2 Å². The van der Waals surface area contributed by atoms with Crippen molar-refractivity contribution in [2.75, 3.05) is 18.1 Å². The average molecular weight is 438 g/mol. The molecule has 0 bridgehead atoms. The Hall–Kier alpha value is -2.56. The van der Waals surface area contributed by atoms with E-state index in [1.54, 1.807) is 37.6 Å². The lowest BCUT2D eigenvalue weighted by Crippen LogP contribution is -2.61. The molecule has 2 aromatic rings. The van der Waals surface area contributed by atoms with E-state index in [2.05, 4.69) is 15.3 Å². The second-order valence-electron chi connectivity index (χ2n) is 8.18. The minimum absolute atomic E-state index is 0.115. The molecule has 11 heteroatoms.